The van der Waals surface area contributed by atoms with E-state index in [1.54, 1.807) is 24.3 Å². The fourth-order valence-electron chi connectivity index (χ4n) is 2.88. The maximum absolute atomic E-state index is 14.6. The molecule has 0 aliphatic rings. The van der Waals surface area contributed by atoms with Crippen molar-refractivity contribution in [3.05, 3.63) is 47.3 Å². The van der Waals surface area contributed by atoms with Crippen LogP contribution in [0, 0.1) is 11.7 Å². The summed E-state index contributed by atoms with van der Waals surface area (Å²) in [6, 6.07) is 4.49. The van der Waals surface area contributed by atoms with Crippen LogP contribution in [0.25, 0.3) is 16.5 Å². The molecule has 1 aromatic carbocycles. The number of amides is 3. The first-order valence-corrected chi connectivity index (χ1v) is 10.3. The van der Waals surface area contributed by atoms with E-state index in [-0.39, 0.29) is 23.0 Å². The summed E-state index contributed by atoms with van der Waals surface area (Å²) in [4.78, 5) is 34.5. The van der Waals surface area contributed by atoms with Gasteiger partial charge >= 0.3 is 12.0 Å². The molecule has 10 heteroatoms. The third-order valence-corrected chi connectivity index (χ3v) is 5.40. The fraction of sp³-hybridized carbons (Fsp3) is 0.286. The molecule has 31 heavy (non-hydrogen) atoms. The van der Waals surface area contributed by atoms with Crippen LogP contribution >= 0.6 is 11.3 Å². The van der Waals surface area contributed by atoms with Gasteiger partial charge in [-0.05, 0) is 30.0 Å². The van der Waals surface area contributed by atoms with Crippen LogP contribution in [0.15, 0.2) is 30.3 Å². The normalized spacial score (nSPS) is 12.3. The van der Waals surface area contributed by atoms with E-state index >= 15 is 0 Å². The largest absolute Gasteiger partial charge is 0.480 e. The number of nitrogens with two attached hydrogens (primary N) is 2. The first-order chi connectivity index (χ1) is 14.6. The Kier molecular flexibility index (Phi) is 8.29. The van der Waals surface area contributed by atoms with E-state index in [1.807, 2.05) is 13.8 Å². The van der Waals surface area contributed by atoms with Crippen LogP contribution in [0.4, 0.5) is 14.2 Å². The van der Waals surface area contributed by atoms with E-state index in [0.29, 0.717) is 22.4 Å². The summed E-state index contributed by atoms with van der Waals surface area (Å²) >= 11 is 1.05. The van der Waals surface area contributed by atoms with Crippen LogP contribution in [0.3, 0.4) is 0 Å². The molecule has 7 N–H and O–H groups in total. The Hall–Kier alpha value is -3.24. The molecule has 0 radical (unpaired) electrons. The maximum atomic E-state index is 14.6. The first-order valence-electron chi connectivity index (χ1n) is 9.51. The van der Waals surface area contributed by atoms with Crippen LogP contribution in [-0.2, 0) is 4.79 Å². The van der Waals surface area contributed by atoms with Gasteiger partial charge in [-0.15, -0.1) is 11.3 Å². The molecule has 1 atom stereocenters. The molecular weight excluding hydrogens is 423 g/mol. The molecule has 0 bridgehead atoms. The second-order valence-electron chi connectivity index (χ2n) is 7.27. The fourth-order valence-corrected chi connectivity index (χ4v) is 3.94. The molecule has 1 heterocycles. The monoisotopic (exact) mass is 448 g/mol. The number of urea groups is 1. The van der Waals surface area contributed by atoms with Gasteiger partial charge in [-0.1, -0.05) is 38.1 Å². The maximum Gasteiger partial charge on any atom is 0.320 e. The Labute approximate surface area is 183 Å². The van der Waals surface area contributed by atoms with Gasteiger partial charge in [0.2, 0.25) is 0 Å². The topological polar surface area (TPSA) is 148 Å². The first kappa shape index (κ1) is 24.0. The standard InChI is InChI=1S/C21H25FN4O4S/c1-11(2)8-16(20(28)29)25-7-3-4-12-5-6-13(9-15(12)22)17-10-14(18(23)27)19(31-17)26-21(24)30/h3-6,9-11,16,25H,7-8H2,1-2H3,(H2,23,27)(H,28,29)(H3,24,26,30)/b4-3+/t16-/m0/s1. The van der Waals surface area contributed by atoms with E-state index in [0.717, 1.165) is 11.3 Å². The summed E-state index contributed by atoms with van der Waals surface area (Å²) in [5.74, 6) is -1.93. The van der Waals surface area contributed by atoms with Crippen molar-refractivity contribution in [2.24, 2.45) is 17.4 Å². The highest BCUT2D eigenvalue weighted by atomic mass is 32.1. The van der Waals surface area contributed by atoms with Crippen molar-refractivity contribution in [3.63, 3.8) is 0 Å². The molecular formula is C21H25FN4O4S. The van der Waals surface area contributed by atoms with Crippen molar-refractivity contribution in [1.29, 1.82) is 0 Å². The molecule has 2 rings (SSSR count). The zero-order valence-corrected chi connectivity index (χ0v) is 18.0. The minimum absolute atomic E-state index is 0.0867. The molecule has 0 unspecified atom stereocenters. The van der Waals surface area contributed by atoms with Crippen LogP contribution in [0.5, 0.6) is 0 Å². The number of primary amides is 2. The van der Waals surface area contributed by atoms with Crippen LogP contribution in [0.1, 0.15) is 36.2 Å². The molecule has 1 aromatic heterocycles. The lowest BCUT2D eigenvalue weighted by atomic mass is 10.0. The Morgan fingerprint density at radius 3 is 2.48 bits per heavy atom. The van der Waals surface area contributed by atoms with E-state index < -0.39 is 29.8 Å². The van der Waals surface area contributed by atoms with Gasteiger partial charge in [0, 0.05) is 17.0 Å². The number of hydrogen-bond acceptors (Lipinski definition) is 5. The summed E-state index contributed by atoms with van der Waals surface area (Å²) in [6.07, 6.45) is 3.70. The smallest absolute Gasteiger partial charge is 0.320 e. The summed E-state index contributed by atoms with van der Waals surface area (Å²) in [5.41, 5.74) is 11.3. The summed E-state index contributed by atoms with van der Waals surface area (Å²) in [7, 11) is 0. The predicted molar refractivity (Wildman–Crippen MR) is 119 cm³/mol. The Morgan fingerprint density at radius 2 is 1.94 bits per heavy atom. The molecule has 2 aromatic rings. The van der Waals surface area contributed by atoms with Gasteiger partial charge in [0.15, 0.2) is 0 Å². The number of anilines is 1. The molecule has 0 saturated carbocycles. The van der Waals surface area contributed by atoms with Crippen molar-refractivity contribution >= 4 is 40.3 Å². The molecule has 166 valence electrons. The van der Waals surface area contributed by atoms with E-state index in [9.17, 15) is 23.9 Å². The number of hydrogen-bond donors (Lipinski definition) is 5. The minimum atomic E-state index is -0.922. The van der Waals surface area contributed by atoms with Crippen molar-refractivity contribution < 1.29 is 23.9 Å². The van der Waals surface area contributed by atoms with Gasteiger partial charge in [-0.25, -0.2) is 9.18 Å². The second kappa shape index (κ2) is 10.7. The lowest BCUT2D eigenvalue weighted by Crippen LogP contribution is -2.37. The summed E-state index contributed by atoms with van der Waals surface area (Å²) in [6.45, 7) is 4.16. The number of carboxylic acid groups (broad SMARTS) is 1. The van der Waals surface area contributed by atoms with Gasteiger partial charge in [-0.2, -0.15) is 0 Å². The number of aliphatic carboxylic acids is 1. The third kappa shape index (κ3) is 6.90. The van der Waals surface area contributed by atoms with Gasteiger partial charge in [0.05, 0.1) is 5.56 Å². The molecule has 0 spiro atoms. The number of benzene rings is 1. The Morgan fingerprint density at radius 1 is 1.23 bits per heavy atom. The van der Waals surface area contributed by atoms with E-state index in [4.69, 9.17) is 11.5 Å². The van der Waals surface area contributed by atoms with Crippen molar-refractivity contribution in [2.75, 3.05) is 11.9 Å². The highest BCUT2D eigenvalue weighted by molar-refractivity contribution is 7.20. The van der Waals surface area contributed by atoms with E-state index in [1.165, 1.54) is 12.1 Å². The zero-order valence-electron chi connectivity index (χ0n) is 17.1. The van der Waals surface area contributed by atoms with E-state index in [2.05, 4.69) is 10.6 Å². The Bertz CT molecular complexity index is 1000. The van der Waals surface area contributed by atoms with Gasteiger partial charge in [0.1, 0.15) is 16.9 Å². The Balaban J connectivity index is 2.13. The number of rotatable bonds is 10. The predicted octanol–water partition coefficient (Wildman–Crippen LogP) is 3.25. The number of halogens is 1. The molecule has 0 aliphatic heterocycles. The van der Waals surface area contributed by atoms with Crippen LogP contribution in [0.2, 0.25) is 0 Å². The lowest BCUT2D eigenvalue weighted by molar-refractivity contribution is -0.139. The molecule has 0 aliphatic carbocycles. The molecule has 8 nitrogen and oxygen atoms in total. The number of carboxylic acids is 1. The molecule has 0 saturated heterocycles. The molecule has 0 fully saturated rings. The highest BCUT2D eigenvalue weighted by Gasteiger charge is 2.18. The zero-order chi connectivity index (χ0) is 23.1. The highest BCUT2D eigenvalue weighted by Crippen LogP contribution is 2.36. The number of carbonyl (C=O) groups is 3. The quantitative estimate of drug-likeness (QED) is 0.378. The average Bonchev–Trinajstić information content (AvgIpc) is 3.08. The summed E-state index contributed by atoms with van der Waals surface area (Å²) < 4.78 is 14.6. The summed E-state index contributed by atoms with van der Waals surface area (Å²) in [5, 5.41) is 14.7. The molecule has 3 amide bonds. The third-order valence-electron chi connectivity index (χ3n) is 4.30. The van der Waals surface area contributed by atoms with Crippen molar-refractivity contribution in [1.82, 2.24) is 5.32 Å². The minimum Gasteiger partial charge on any atom is -0.480 e. The van der Waals surface area contributed by atoms with Crippen LogP contribution in [-0.4, -0.2) is 35.6 Å². The second-order valence-corrected chi connectivity index (χ2v) is 8.33. The SMILES string of the molecule is CC(C)C[C@H](NC/C=C/c1ccc(-c2cc(C(N)=O)c(NC(N)=O)s2)cc1F)C(=O)O. The number of thiophene rings is 1. The van der Waals surface area contributed by atoms with Gasteiger partial charge in [-0.3, -0.25) is 14.9 Å². The number of carbonyl (C=O) groups excluding carboxylic acids is 2. The average molecular weight is 449 g/mol. The van der Waals surface area contributed by atoms with Gasteiger partial charge < -0.3 is 21.9 Å². The van der Waals surface area contributed by atoms with Crippen molar-refractivity contribution in [2.45, 2.75) is 26.3 Å². The van der Waals surface area contributed by atoms with Crippen LogP contribution < -0.4 is 22.1 Å². The number of nitrogens with one attached hydrogen (secondary N) is 2. The van der Waals surface area contributed by atoms with Gasteiger partial charge in [0.25, 0.3) is 5.91 Å². The van der Waals surface area contributed by atoms with Crippen molar-refractivity contribution in [3.8, 4) is 10.4 Å². The lowest BCUT2D eigenvalue weighted by Gasteiger charge is -2.15.